The fourth-order valence-corrected chi connectivity index (χ4v) is 3.86. The van der Waals surface area contributed by atoms with Gasteiger partial charge >= 0.3 is 0 Å². The Labute approximate surface area is 144 Å². The molecule has 3 aromatic heterocycles. The zero-order valence-corrected chi connectivity index (χ0v) is 15.1. The monoisotopic (exact) mass is 342 g/mol. The Bertz CT molecular complexity index is 930. The van der Waals surface area contributed by atoms with Gasteiger partial charge in [-0.05, 0) is 22.4 Å². The zero-order chi connectivity index (χ0) is 16.9. The predicted molar refractivity (Wildman–Crippen MR) is 96.6 cm³/mol. The van der Waals surface area contributed by atoms with Gasteiger partial charge in [-0.25, -0.2) is 9.50 Å². The highest BCUT2D eigenvalue weighted by atomic mass is 32.1. The second kappa shape index (κ2) is 5.57. The number of nitrogens with one attached hydrogen (secondary N) is 1. The summed E-state index contributed by atoms with van der Waals surface area (Å²) in [5, 5.41) is 7.51. The van der Waals surface area contributed by atoms with Gasteiger partial charge in [0.2, 0.25) is 0 Å². The van der Waals surface area contributed by atoms with Gasteiger partial charge in [0.25, 0.3) is 5.56 Å². The average molecular weight is 342 g/mol. The van der Waals surface area contributed by atoms with E-state index in [2.05, 4.69) is 47.6 Å². The molecule has 0 aliphatic carbocycles. The molecule has 4 heterocycles. The van der Waals surface area contributed by atoms with Crippen molar-refractivity contribution in [1.82, 2.24) is 19.5 Å². The Hall–Kier alpha value is -1.92. The first-order valence-corrected chi connectivity index (χ1v) is 9.23. The first-order valence-electron chi connectivity index (χ1n) is 8.29. The lowest BCUT2D eigenvalue weighted by atomic mass is 9.93. The maximum Gasteiger partial charge on any atom is 0.277 e. The second-order valence-corrected chi connectivity index (χ2v) is 8.33. The summed E-state index contributed by atoms with van der Waals surface area (Å²) in [5.74, 6) is 0. The van der Waals surface area contributed by atoms with Gasteiger partial charge in [-0.15, -0.1) is 0 Å². The highest BCUT2D eigenvalue weighted by Crippen LogP contribution is 2.23. The van der Waals surface area contributed by atoms with E-state index in [1.165, 1.54) is 5.56 Å². The number of thiophene rings is 1. The molecule has 6 heteroatoms. The van der Waals surface area contributed by atoms with Crippen LogP contribution in [0.3, 0.4) is 0 Å². The van der Waals surface area contributed by atoms with E-state index in [0.29, 0.717) is 6.54 Å². The molecule has 0 amide bonds. The highest BCUT2D eigenvalue weighted by molar-refractivity contribution is 7.07. The molecule has 0 saturated heterocycles. The molecule has 5 nitrogen and oxygen atoms in total. The van der Waals surface area contributed by atoms with Crippen molar-refractivity contribution in [3.63, 3.8) is 0 Å². The average Bonchev–Trinajstić information content (AvgIpc) is 3.17. The topological polar surface area (TPSA) is 53.4 Å². The first kappa shape index (κ1) is 15.6. The van der Waals surface area contributed by atoms with Crippen molar-refractivity contribution in [2.24, 2.45) is 0 Å². The van der Waals surface area contributed by atoms with Crippen LogP contribution >= 0.6 is 11.3 Å². The lowest BCUT2D eigenvalue weighted by molar-refractivity contribution is 0.242. The molecule has 1 N–H and O–H groups in total. The summed E-state index contributed by atoms with van der Waals surface area (Å²) in [6.45, 7) is 8.90. The van der Waals surface area contributed by atoms with Crippen LogP contribution in [-0.4, -0.2) is 26.0 Å². The highest BCUT2D eigenvalue weighted by Gasteiger charge is 2.24. The van der Waals surface area contributed by atoms with E-state index in [0.717, 1.165) is 42.1 Å². The molecule has 126 valence electrons. The van der Waals surface area contributed by atoms with Gasteiger partial charge in [0, 0.05) is 43.2 Å². The molecule has 1 aliphatic heterocycles. The van der Waals surface area contributed by atoms with Crippen molar-refractivity contribution in [2.75, 3.05) is 6.54 Å². The number of fused-ring (bicyclic) bond motifs is 2. The second-order valence-electron chi connectivity index (χ2n) is 7.55. The van der Waals surface area contributed by atoms with Crippen LogP contribution in [0.2, 0.25) is 0 Å². The number of H-pyrrole nitrogens is 1. The van der Waals surface area contributed by atoms with Crippen LogP contribution in [0, 0.1) is 0 Å². The zero-order valence-electron chi connectivity index (χ0n) is 14.3. The van der Waals surface area contributed by atoms with E-state index in [1.807, 2.05) is 6.07 Å². The van der Waals surface area contributed by atoms with E-state index >= 15 is 0 Å². The summed E-state index contributed by atoms with van der Waals surface area (Å²) in [5.41, 5.74) is 4.87. The van der Waals surface area contributed by atoms with E-state index in [9.17, 15) is 4.79 Å². The van der Waals surface area contributed by atoms with Gasteiger partial charge in [0.1, 0.15) is 0 Å². The van der Waals surface area contributed by atoms with E-state index in [4.69, 9.17) is 4.98 Å². The molecular formula is C18H22N4OS. The van der Waals surface area contributed by atoms with Crippen LogP contribution in [0.1, 0.15) is 43.3 Å². The van der Waals surface area contributed by atoms with Gasteiger partial charge in [-0.1, -0.05) is 20.8 Å². The standard InChI is InChI=1S/C18H22N4OS/c1-18(2,3)15-8-16-19-14-4-6-21(9-12-5-7-24-11-12)10-13(14)17(23)22(16)20-15/h5,7-8,11,20H,4,6,9-10H2,1-3H3. The third-order valence-electron chi connectivity index (χ3n) is 4.63. The van der Waals surface area contributed by atoms with Gasteiger partial charge < -0.3 is 0 Å². The van der Waals surface area contributed by atoms with Crippen LogP contribution < -0.4 is 5.56 Å². The van der Waals surface area contributed by atoms with Crippen molar-refractivity contribution >= 4 is 17.0 Å². The Morgan fingerprint density at radius 3 is 2.92 bits per heavy atom. The Morgan fingerprint density at radius 1 is 1.38 bits per heavy atom. The molecule has 0 bridgehead atoms. The number of hydrogen-bond donors (Lipinski definition) is 1. The molecule has 24 heavy (non-hydrogen) atoms. The first-order chi connectivity index (χ1) is 11.4. The normalized spacial score (nSPS) is 15.8. The van der Waals surface area contributed by atoms with Gasteiger partial charge in [-0.2, -0.15) is 11.3 Å². The molecule has 3 aromatic rings. The van der Waals surface area contributed by atoms with Gasteiger partial charge in [0.05, 0.1) is 11.3 Å². The van der Waals surface area contributed by atoms with Crippen molar-refractivity contribution in [3.05, 3.63) is 55.8 Å². The lowest BCUT2D eigenvalue weighted by Gasteiger charge is -2.27. The number of hydrogen-bond acceptors (Lipinski definition) is 4. The van der Waals surface area contributed by atoms with E-state index in [1.54, 1.807) is 15.9 Å². The minimum Gasteiger partial charge on any atom is -0.294 e. The van der Waals surface area contributed by atoms with Crippen molar-refractivity contribution < 1.29 is 0 Å². The predicted octanol–water partition coefficient (Wildman–Crippen LogP) is 2.94. The Kier molecular flexibility index (Phi) is 3.62. The van der Waals surface area contributed by atoms with Crippen molar-refractivity contribution in [3.8, 4) is 0 Å². The number of nitrogens with zero attached hydrogens (tertiary/aromatic N) is 3. The molecule has 0 aromatic carbocycles. The molecule has 0 saturated carbocycles. The van der Waals surface area contributed by atoms with Crippen LogP contribution in [0.15, 0.2) is 27.7 Å². The van der Waals surface area contributed by atoms with Gasteiger partial charge in [0.15, 0.2) is 5.65 Å². The molecule has 0 fully saturated rings. The largest absolute Gasteiger partial charge is 0.294 e. The van der Waals surface area contributed by atoms with Crippen LogP contribution in [0.25, 0.3) is 5.65 Å². The van der Waals surface area contributed by atoms with Crippen LogP contribution in [-0.2, 0) is 24.9 Å². The van der Waals surface area contributed by atoms with Crippen LogP contribution in [0.4, 0.5) is 0 Å². The summed E-state index contributed by atoms with van der Waals surface area (Å²) >= 11 is 1.71. The van der Waals surface area contributed by atoms with Gasteiger partial charge in [-0.3, -0.25) is 14.8 Å². The molecule has 0 spiro atoms. The fraction of sp³-hybridized carbons (Fsp3) is 0.444. The molecule has 0 unspecified atom stereocenters. The molecule has 4 rings (SSSR count). The summed E-state index contributed by atoms with van der Waals surface area (Å²) in [7, 11) is 0. The summed E-state index contributed by atoms with van der Waals surface area (Å²) in [6, 6.07) is 4.15. The summed E-state index contributed by atoms with van der Waals surface area (Å²) in [4.78, 5) is 20.0. The number of rotatable bonds is 2. The Balaban J connectivity index is 1.71. The Morgan fingerprint density at radius 2 is 2.21 bits per heavy atom. The lowest BCUT2D eigenvalue weighted by Crippen LogP contribution is -2.36. The smallest absolute Gasteiger partial charge is 0.277 e. The van der Waals surface area contributed by atoms with E-state index in [-0.39, 0.29) is 11.0 Å². The quantitative estimate of drug-likeness (QED) is 0.779. The third-order valence-corrected chi connectivity index (χ3v) is 5.37. The summed E-state index contributed by atoms with van der Waals surface area (Å²) in [6.07, 6.45) is 0.835. The third kappa shape index (κ3) is 2.70. The minimum atomic E-state index is -0.0361. The van der Waals surface area contributed by atoms with Crippen LogP contribution in [0.5, 0.6) is 0 Å². The summed E-state index contributed by atoms with van der Waals surface area (Å²) < 4.78 is 1.60. The maximum atomic E-state index is 12.9. The minimum absolute atomic E-state index is 0.0361. The van der Waals surface area contributed by atoms with Crippen molar-refractivity contribution in [1.29, 1.82) is 0 Å². The number of aromatic nitrogens is 3. The molecule has 1 aliphatic rings. The van der Waals surface area contributed by atoms with Crippen molar-refractivity contribution in [2.45, 2.75) is 45.7 Å². The molecular weight excluding hydrogens is 320 g/mol. The maximum absolute atomic E-state index is 12.9. The van der Waals surface area contributed by atoms with E-state index < -0.39 is 0 Å². The fourth-order valence-electron chi connectivity index (χ4n) is 3.20. The SMILES string of the molecule is CC(C)(C)c1cc2nc3c(c(=O)n2[nH]1)CN(Cc1ccsc1)CC3. The molecule has 0 radical (unpaired) electrons. The number of aromatic amines is 1. The molecule has 0 atom stereocenters.